The zero-order chi connectivity index (χ0) is 17.7. The van der Waals surface area contributed by atoms with E-state index in [9.17, 15) is 9.90 Å². The highest BCUT2D eigenvalue weighted by molar-refractivity contribution is 5.68. The normalized spacial score (nSPS) is 14.0. The Morgan fingerprint density at radius 3 is 2.75 bits per heavy atom. The van der Waals surface area contributed by atoms with Crippen molar-refractivity contribution in [1.82, 2.24) is 14.7 Å². The second-order valence-corrected chi connectivity index (χ2v) is 6.86. The Morgan fingerprint density at radius 1 is 1.38 bits per heavy atom. The SMILES string of the molecule is CCC#CCCn1nc2c(c1CO)CN(C(=O)OC(C)(C)C)CC2. The van der Waals surface area contributed by atoms with Crippen LogP contribution in [0.1, 0.15) is 57.5 Å². The first-order valence-corrected chi connectivity index (χ1v) is 8.47. The number of nitrogens with zero attached hydrogens (tertiary/aromatic N) is 3. The van der Waals surface area contributed by atoms with Gasteiger partial charge in [-0.15, -0.1) is 11.8 Å². The molecule has 2 heterocycles. The molecule has 0 spiro atoms. The maximum atomic E-state index is 12.3. The quantitative estimate of drug-likeness (QED) is 0.863. The van der Waals surface area contributed by atoms with Gasteiger partial charge in [0.05, 0.1) is 31.1 Å². The fourth-order valence-electron chi connectivity index (χ4n) is 2.70. The molecule has 0 atom stereocenters. The smallest absolute Gasteiger partial charge is 0.410 e. The summed E-state index contributed by atoms with van der Waals surface area (Å²) in [6, 6.07) is 0. The maximum absolute atomic E-state index is 12.3. The van der Waals surface area contributed by atoms with Crippen LogP contribution in [-0.4, -0.2) is 38.0 Å². The molecule has 1 aliphatic heterocycles. The van der Waals surface area contributed by atoms with Crippen molar-refractivity contribution in [3.8, 4) is 11.8 Å². The van der Waals surface area contributed by atoms with Crippen molar-refractivity contribution in [3.05, 3.63) is 17.0 Å². The summed E-state index contributed by atoms with van der Waals surface area (Å²) in [7, 11) is 0. The standard InChI is InChI=1S/C18H27N3O3/c1-5-6-7-8-10-21-16(13-22)14-12-20(11-9-15(14)19-21)17(23)24-18(2,3)4/h22H,5,8-13H2,1-4H3. The van der Waals surface area contributed by atoms with Crippen LogP contribution in [0.5, 0.6) is 0 Å². The van der Waals surface area contributed by atoms with E-state index >= 15 is 0 Å². The van der Waals surface area contributed by atoms with Gasteiger partial charge in [0.15, 0.2) is 0 Å². The molecular formula is C18H27N3O3. The Hall–Kier alpha value is -2.00. The average molecular weight is 333 g/mol. The van der Waals surface area contributed by atoms with Gasteiger partial charge in [-0.3, -0.25) is 4.68 Å². The number of amides is 1. The van der Waals surface area contributed by atoms with E-state index in [1.807, 2.05) is 32.4 Å². The van der Waals surface area contributed by atoms with Gasteiger partial charge < -0.3 is 14.7 Å². The van der Waals surface area contributed by atoms with Crippen LogP contribution in [0.4, 0.5) is 4.79 Å². The number of carbonyl (C=O) groups excluding carboxylic acids is 1. The minimum Gasteiger partial charge on any atom is -0.444 e. The first-order chi connectivity index (χ1) is 11.4. The fourth-order valence-corrected chi connectivity index (χ4v) is 2.70. The Bertz CT molecular complexity index is 647. The topological polar surface area (TPSA) is 67.6 Å². The van der Waals surface area contributed by atoms with Gasteiger partial charge in [-0.05, 0) is 20.8 Å². The molecule has 1 amide bonds. The molecule has 0 unspecified atom stereocenters. The summed E-state index contributed by atoms with van der Waals surface area (Å²) < 4.78 is 7.27. The third-order valence-electron chi connectivity index (χ3n) is 3.77. The highest BCUT2D eigenvalue weighted by atomic mass is 16.6. The molecule has 6 nitrogen and oxygen atoms in total. The lowest BCUT2D eigenvalue weighted by Gasteiger charge is -2.29. The van der Waals surface area contributed by atoms with Crippen LogP contribution >= 0.6 is 0 Å². The van der Waals surface area contributed by atoms with E-state index in [0.717, 1.165) is 23.4 Å². The average Bonchev–Trinajstić information content (AvgIpc) is 2.86. The number of hydrogen-bond donors (Lipinski definition) is 1. The first-order valence-electron chi connectivity index (χ1n) is 8.47. The van der Waals surface area contributed by atoms with Crippen LogP contribution in [0.25, 0.3) is 0 Å². The number of aromatic nitrogens is 2. The molecule has 0 saturated heterocycles. The van der Waals surface area contributed by atoms with Crippen molar-refractivity contribution in [1.29, 1.82) is 0 Å². The van der Waals surface area contributed by atoms with E-state index in [0.29, 0.717) is 32.5 Å². The van der Waals surface area contributed by atoms with Crippen molar-refractivity contribution in [2.24, 2.45) is 0 Å². The minimum atomic E-state index is -0.515. The number of aliphatic hydroxyl groups excluding tert-OH is 1. The second-order valence-electron chi connectivity index (χ2n) is 6.86. The molecule has 24 heavy (non-hydrogen) atoms. The predicted octanol–water partition coefficient (Wildman–Crippen LogP) is 2.47. The molecule has 0 saturated carbocycles. The van der Waals surface area contributed by atoms with Crippen LogP contribution in [0, 0.1) is 11.8 Å². The zero-order valence-corrected chi connectivity index (χ0v) is 15.1. The van der Waals surface area contributed by atoms with E-state index in [4.69, 9.17) is 4.74 Å². The van der Waals surface area contributed by atoms with E-state index in [1.165, 1.54) is 0 Å². The molecule has 0 radical (unpaired) electrons. The van der Waals surface area contributed by atoms with Crippen molar-refractivity contribution in [2.45, 2.75) is 72.3 Å². The molecule has 0 aliphatic carbocycles. The van der Waals surface area contributed by atoms with Crippen LogP contribution in [0.15, 0.2) is 0 Å². The fraction of sp³-hybridized carbons (Fsp3) is 0.667. The molecule has 132 valence electrons. The number of carbonyl (C=O) groups is 1. The van der Waals surface area contributed by atoms with E-state index < -0.39 is 5.60 Å². The molecule has 0 bridgehead atoms. The molecule has 1 aromatic heterocycles. The summed E-state index contributed by atoms with van der Waals surface area (Å²) in [5.74, 6) is 6.13. The molecule has 1 N–H and O–H groups in total. The number of aryl methyl sites for hydroxylation is 1. The second kappa shape index (κ2) is 7.71. The van der Waals surface area contributed by atoms with Crippen molar-refractivity contribution < 1.29 is 14.6 Å². The van der Waals surface area contributed by atoms with Gasteiger partial charge in [0.25, 0.3) is 0 Å². The lowest BCUT2D eigenvalue weighted by atomic mass is 10.1. The summed E-state index contributed by atoms with van der Waals surface area (Å²) in [4.78, 5) is 13.9. The van der Waals surface area contributed by atoms with Crippen LogP contribution in [0.3, 0.4) is 0 Å². The predicted molar refractivity (Wildman–Crippen MR) is 91.2 cm³/mol. The van der Waals surface area contributed by atoms with E-state index in [2.05, 4.69) is 16.9 Å². The Morgan fingerprint density at radius 2 is 2.12 bits per heavy atom. The lowest BCUT2D eigenvalue weighted by molar-refractivity contribution is 0.0222. The van der Waals surface area contributed by atoms with E-state index in [1.54, 1.807) is 4.90 Å². The van der Waals surface area contributed by atoms with Crippen molar-refractivity contribution >= 4 is 6.09 Å². The highest BCUT2D eigenvalue weighted by Crippen LogP contribution is 2.24. The molecule has 1 aliphatic rings. The summed E-state index contributed by atoms with van der Waals surface area (Å²) in [6.07, 6.45) is 1.90. The number of fused-ring (bicyclic) bond motifs is 1. The number of rotatable bonds is 3. The summed E-state index contributed by atoms with van der Waals surface area (Å²) in [5.41, 5.74) is 2.16. The Kier molecular flexibility index (Phi) is 5.89. The minimum absolute atomic E-state index is 0.0916. The summed E-state index contributed by atoms with van der Waals surface area (Å²) >= 11 is 0. The highest BCUT2D eigenvalue weighted by Gasteiger charge is 2.29. The van der Waals surface area contributed by atoms with Crippen LogP contribution < -0.4 is 0 Å². The van der Waals surface area contributed by atoms with Gasteiger partial charge in [-0.25, -0.2) is 4.79 Å². The number of hydrogen-bond acceptors (Lipinski definition) is 4. The van der Waals surface area contributed by atoms with Crippen molar-refractivity contribution in [3.63, 3.8) is 0 Å². The first kappa shape index (κ1) is 18.3. The Balaban J connectivity index is 2.12. The monoisotopic (exact) mass is 333 g/mol. The molecular weight excluding hydrogens is 306 g/mol. The molecule has 0 fully saturated rings. The van der Waals surface area contributed by atoms with Gasteiger partial charge in [-0.2, -0.15) is 5.10 Å². The lowest BCUT2D eigenvalue weighted by Crippen LogP contribution is -2.40. The van der Waals surface area contributed by atoms with Gasteiger partial charge in [-0.1, -0.05) is 6.92 Å². The zero-order valence-electron chi connectivity index (χ0n) is 15.1. The number of ether oxygens (including phenoxy) is 1. The van der Waals surface area contributed by atoms with Gasteiger partial charge in [0.1, 0.15) is 5.60 Å². The van der Waals surface area contributed by atoms with Gasteiger partial charge in [0, 0.05) is 31.4 Å². The number of aliphatic hydroxyl groups is 1. The largest absolute Gasteiger partial charge is 0.444 e. The van der Waals surface area contributed by atoms with Gasteiger partial charge >= 0.3 is 6.09 Å². The maximum Gasteiger partial charge on any atom is 0.410 e. The molecule has 6 heteroatoms. The molecule has 2 rings (SSSR count). The van der Waals surface area contributed by atoms with Crippen LogP contribution in [0.2, 0.25) is 0 Å². The molecule has 0 aromatic carbocycles. The van der Waals surface area contributed by atoms with Gasteiger partial charge in [0.2, 0.25) is 0 Å². The van der Waals surface area contributed by atoms with E-state index in [-0.39, 0.29) is 12.7 Å². The summed E-state index contributed by atoms with van der Waals surface area (Å²) in [5, 5.41) is 14.3. The van der Waals surface area contributed by atoms with Crippen molar-refractivity contribution in [2.75, 3.05) is 6.54 Å². The van der Waals surface area contributed by atoms with Crippen LogP contribution in [-0.2, 0) is 30.9 Å². The third kappa shape index (κ3) is 4.51. The third-order valence-corrected chi connectivity index (χ3v) is 3.77. The molecule has 1 aromatic rings. The summed E-state index contributed by atoms with van der Waals surface area (Å²) in [6.45, 7) is 9.16. The Labute approximate surface area is 143 Å².